The van der Waals surface area contributed by atoms with Crippen molar-refractivity contribution in [2.24, 2.45) is 0 Å². The largest absolute Gasteiger partial charge is 0.465 e. The molecule has 0 unspecified atom stereocenters. The molecule has 9 heteroatoms. The van der Waals surface area contributed by atoms with Crippen molar-refractivity contribution in [1.82, 2.24) is 19.7 Å². The highest BCUT2D eigenvalue weighted by Crippen LogP contribution is 2.26. The number of hydrogen-bond donors (Lipinski definition) is 1. The predicted octanol–water partition coefficient (Wildman–Crippen LogP) is 1.50. The highest BCUT2D eigenvalue weighted by Gasteiger charge is 2.23. The molecule has 0 aliphatic carbocycles. The van der Waals surface area contributed by atoms with Gasteiger partial charge in [0.15, 0.2) is 5.15 Å². The van der Waals surface area contributed by atoms with Crippen molar-refractivity contribution in [1.29, 1.82) is 0 Å². The molecule has 0 aromatic carbocycles. The van der Waals surface area contributed by atoms with Crippen molar-refractivity contribution < 1.29 is 14.7 Å². The maximum atomic E-state index is 12.4. The fraction of sp³-hybridized carbons (Fsp3) is 0.200. The van der Waals surface area contributed by atoms with Crippen LogP contribution in [0.25, 0.3) is 5.69 Å². The second kappa shape index (κ2) is 7.48. The lowest BCUT2D eigenvalue weighted by Gasteiger charge is -2.21. The Bertz CT molecular complexity index is 784. The molecule has 2 aromatic rings. The molecule has 0 aliphatic rings. The van der Waals surface area contributed by atoms with Gasteiger partial charge in [0, 0.05) is 13.2 Å². The molecule has 0 spiro atoms. The lowest BCUT2D eigenvalue weighted by Crippen LogP contribution is -2.41. The van der Waals surface area contributed by atoms with Crippen LogP contribution in [0, 0.1) is 12.3 Å². The van der Waals surface area contributed by atoms with Crippen LogP contribution >= 0.6 is 11.6 Å². The number of aromatic nitrogens is 3. The van der Waals surface area contributed by atoms with Gasteiger partial charge in [0.2, 0.25) is 5.91 Å². The van der Waals surface area contributed by atoms with Gasteiger partial charge in [-0.05, 0) is 12.1 Å². The van der Waals surface area contributed by atoms with Crippen molar-refractivity contribution in [3.8, 4) is 18.0 Å². The highest BCUT2D eigenvalue weighted by atomic mass is 35.5. The first-order valence-electron chi connectivity index (χ1n) is 6.77. The lowest BCUT2D eigenvalue weighted by atomic mass is 10.3. The summed E-state index contributed by atoms with van der Waals surface area (Å²) in [4.78, 5) is 29.3. The van der Waals surface area contributed by atoms with Gasteiger partial charge in [-0.1, -0.05) is 17.5 Å². The van der Waals surface area contributed by atoms with Crippen LogP contribution in [0.15, 0.2) is 30.7 Å². The van der Waals surface area contributed by atoms with Crippen LogP contribution in [-0.2, 0) is 4.79 Å². The quantitative estimate of drug-likeness (QED) is 0.827. The number of pyridine rings is 1. The van der Waals surface area contributed by atoms with Crippen LogP contribution in [-0.4, -0.2) is 56.9 Å². The fourth-order valence-corrected chi connectivity index (χ4v) is 2.13. The molecule has 0 aliphatic heterocycles. The van der Waals surface area contributed by atoms with Crippen molar-refractivity contribution in [3.63, 3.8) is 0 Å². The standard InChI is InChI=1S/C15H14ClN5O3/c1-3-7-20(13(22)10-19(2)15(23)24)12-9-21(18-14(12)16)11-5-4-6-17-8-11/h1,4-6,8-9H,7,10H2,2H3,(H,23,24). The number of rotatable bonds is 5. The molecule has 2 amide bonds. The summed E-state index contributed by atoms with van der Waals surface area (Å²) in [5, 5.41) is 13.1. The van der Waals surface area contributed by atoms with Crippen molar-refractivity contribution >= 4 is 29.3 Å². The first-order chi connectivity index (χ1) is 11.4. The average molecular weight is 348 g/mol. The summed E-state index contributed by atoms with van der Waals surface area (Å²) in [5.74, 6) is 1.85. The summed E-state index contributed by atoms with van der Waals surface area (Å²) < 4.78 is 1.46. The normalized spacial score (nSPS) is 10.0. The smallest absolute Gasteiger partial charge is 0.407 e. The molecule has 2 aromatic heterocycles. The number of amides is 2. The summed E-state index contributed by atoms with van der Waals surface area (Å²) in [6.45, 7) is -0.420. The number of anilines is 1. The van der Waals surface area contributed by atoms with Gasteiger partial charge in [-0.2, -0.15) is 5.10 Å². The first kappa shape index (κ1) is 17.3. The van der Waals surface area contributed by atoms with E-state index in [1.807, 2.05) is 0 Å². The predicted molar refractivity (Wildman–Crippen MR) is 88.2 cm³/mol. The molecule has 0 saturated heterocycles. The molecule has 0 radical (unpaired) electrons. The molecule has 124 valence electrons. The number of carbonyl (C=O) groups is 2. The summed E-state index contributed by atoms with van der Waals surface area (Å²) >= 11 is 6.12. The Hall–Kier alpha value is -3.05. The van der Waals surface area contributed by atoms with E-state index in [2.05, 4.69) is 16.0 Å². The van der Waals surface area contributed by atoms with E-state index in [-0.39, 0.29) is 18.2 Å². The van der Waals surface area contributed by atoms with Gasteiger partial charge in [-0.25, -0.2) is 9.48 Å². The molecular formula is C15H14ClN5O3. The molecule has 0 fully saturated rings. The minimum absolute atomic E-state index is 0.0647. The van der Waals surface area contributed by atoms with Gasteiger partial charge in [0.1, 0.15) is 12.2 Å². The minimum atomic E-state index is -1.22. The Labute approximate surface area is 143 Å². The molecule has 8 nitrogen and oxygen atoms in total. The molecule has 0 atom stereocenters. The summed E-state index contributed by atoms with van der Waals surface area (Å²) in [6.07, 6.45) is 8.82. The van der Waals surface area contributed by atoms with Crippen LogP contribution in [0.5, 0.6) is 0 Å². The zero-order valence-corrected chi connectivity index (χ0v) is 13.5. The van der Waals surface area contributed by atoms with E-state index >= 15 is 0 Å². The summed E-state index contributed by atoms with van der Waals surface area (Å²) in [7, 11) is 1.29. The van der Waals surface area contributed by atoms with Gasteiger partial charge in [-0.15, -0.1) is 6.42 Å². The van der Waals surface area contributed by atoms with Gasteiger partial charge >= 0.3 is 6.09 Å². The van der Waals surface area contributed by atoms with Crippen molar-refractivity contribution in [2.45, 2.75) is 0 Å². The number of halogens is 1. The second-order valence-corrected chi connectivity index (χ2v) is 5.14. The maximum absolute atomic E-state index is 12.4. The molecular weight excluding hydrogens is 334 g/mol. The van der Waals surface area contributed by atoms with E-state index in [0.29, 0.717) is 11.4 Å². The topological polar surface area (TPSA) is 91.6 Å². The highest BCUT2D eigenvalue weighted by molar-refractivity contribution is 6.32. The van der Waals surface area contributed by atoms with Gasteiger partial charge in [0.05, 0.1) is 24.6 Å². The van der Waals surface area contributed by atoms with Crippen molar-refractivity contribution in [3.05, 3.63) is 35.9 Å². The summed E-state index contributed by atoms with van der Waals surface area (Å²) in [5.41, 5.74) is 0.948. The number of nitrogens with zero attached hydrogens (tertiary/aromatic N) is 5. The van der Waals surface area contributed by atoms with E-state index < -0.39 is 12.0 Å². The molecule has 2 rings (SSSR count). The molecule has 0 bridgehead atoms. The van der Waals surface area contributed by atoms with Crippen LogP contribution in [0.3, 0.4) is 0 Å². The SMILES string of the molecule is C#CCN(C(=O)CN(C)C(=O)O)c1cn(-c2cccnc2)nc1Cl. The van der Waals surface area contributed by atoms with Gasteiger partial charge in [0.25, 0.3) is 0 Å². The van der Waals surface area contributed by atoms with E-state index in [1.54, 1.807) is 24.5 Å². The Morgan fingerprint density at radius 2 is 2.25 bits per heavy atom. The molecule has 0 saturated carbocycles. The Morgan fingerprint density at radius 3 is 2.83 bits per heavy atom. The Morgan fingerprint density at radius 1 is 1.50 bits per heavy atom. The van der Waals surface area contributed by atoms with Gasteiger partial charge in [-0.3, -0.25) is 14.7 Å². The molecule has 2 heterocycles. The first-order valence-corrected chi connectivity index (χ1v) is 7.15. The average Bonchev–Trinajstić information content (AvgIpc) is 2.94. The number of terminal acetylenes is 1. The minimum Gasteiger partial charge on any atom is -0.465 e. The zero-order chi connectivity index (χ0) is 17.7. The summed E-state index contributed by atoms with van der Waals surface area (Å²) in [6, 6.07) is 3.50. The van der Waals surface area contributed by atoms with E-state index in [4.69, 9.17) is 23.1 Å². The fourth-order valence-electron chi connectivity index (χ4n) is 1.90. The Kier molecular flexibility index (Phi) is 5.39. The number of hydrogen-bond acceptors (Lipinski definition) is 4. The van der Waals surface area contributed by atoms with E-state index in [0.717, 1.165) is 4.90 Å². The molecule has 1 N–H and O–H groups in total. The van der Waals surface area contributed by atoms with E-state index in [1.165, 1.54) is 22.8 Å². The second-order valence-electron chi connectivity index (χ2n) is 4.78. The van der Waals surface area contributed by atoms with Crippen LogP contribution in [0.2, 0.25) is 5.15 Å². The number of carbonyl (C=O) groups excluding carboxylic acids is 1. The zero-order valence-electron chi connectivity index (χ0n) is 12.8. The number of likely N-dealkylation sites (N-methyl/N-ethyl adjacent to an activating group) is 1. The van der Waals surface area contributed by atoms with Gasteiger partial charge < -0.3 is 10.0 Å². The molecule has 24 heavy (non-hydrogen) atoms. The Balaban J connectivity index is 2.32. The van der Waals surface area contributed by atoms with Crippen LogP contribution in [0.1, 0.15) is 0 Å². The van der Waals surface area contributed by atoms with E-state index in [9.17, 15) is 9.59 Å². The number of carboxylic acid groups (broad SMARTS) is 1. The third-order valence-electron chi connectivity index (χ3n) is 3.10. The third-order valence-corrected chi connectivity index (χ3v) is 3.37. The van der Waals surface area contributed by atoms with Crippen LogP contribution < -0.4 is 4.90 Å². The third kappa shape index (κ3) is 3.83. The lowest BCUT2D eigenvalue weighted by molar-refractivity contribution is -0.119. The van der Waals surface area contributed by atoms with Crippen LogP contribution in [0.4, 0.5) is 10.5 Å². The monoisotopic (exact) mass is 347 g/mol. The maximum Gasteiger partial charge on any atom is 0.407 e. The van der Waals surface area contributed by atoms with Crippen molar-refractivity contribution in [2.75, 3.05) is 25.0 Å².